The van der Waals surface area contributed by atoms with Crippen molar-refractivity contribution in [2.45, 2.75) is 6.54 Å². The highest BCUT2D eigenvalue weighted by Crippen LogP contribution is 2.35. The van der Waals surface area contributed by atoms with E-state index in [1.54, 1.807) is 18.5 Å². The van der Waals surface area contributed by atoms with Crippen LogP contribution in [0.5, 0.6) is 0 Å². The maximum Gasteiger partial charge on any atom is 0.233 e. The van der Waals surface area contributed by atoms with Crippen LogP contribution in [0.3, 0.4) is 0 Å². The molecule has 0 aliphatic heterocycles. The van der Waals surface area contributed by atoms with Crippen LogP contribution >= 0.6 is 0 Å². The molecular formula is C27H21N6O+. The van der Waals surface area contributed by atoms with Gasteiger partial charge in [0.15, 0.2) is 11.5 Å². The summed E-state index contributed by atoms with van der Waals surface area (Å²) in [6, 6.07) is 26.2. The molecule has 0 atom stereocenters. The van der Waals surface area contributed by atoms with E-state index in [9.17, 15) is 5.21 Å². The lowest BCUT2D eigenvalue weighted by atomic mass is 9.97. The lowest BCUT2D eigenvalue weighted by Crippen LogP contribution is -2.28. The quantitative estimate of drug-likeness (QED) is 0.312. The van der Waals surface area contributed by atoms with Crippen molar-refractivity contribution in [3.05, 3.63) is 103 Å². The standard InChI is InChI=1S/C27H21N6O/c28-16-18-8-10-20(11-9-18)25-22(19-5-2-1-3-6-19)15-23-24(29-25)12-14-33-26(30-31-27(23)33)21-7-4-13-32(34)17-21/h1-15,17,34H,16,28H2/q+1. The van der Waals surface area contributed by atoms with E-state index in [2.05, 4.69) is 40.5 Å². The van der Waals surface area contributed by atoms with Crippen LogP contribution < -0.4 is 10.5 Å². The molecule has 7 nitrogen and oxygen atoms in total. The van der Waals surface area contributed by atoms with Crippen molar-refractivity contribution in [2.75, 3.05) is 0 Å². The molecule has 0 radical (unpaired) electrons. The van der Waals surface area contributed by atoms with Crippen LogP contribution in [-0.4, -0.2) is 24.8 Å². The number of aromatic nitrogens is 5. The Morgan fingerprint density at radius 2 is 1.65 bits per heavy atom. The number of nitrogens with zero attached hydrogens (tertiary/aromatic N) is 5. The zero-order valence-electron chi connectivity index (χ0n) is 18.2. The van der Waals surface area contributed by atoms with Gasteiger partial charge in [-0.25, -0.2) is 4.98 Å². The third-order valence-electron chi connectivity index (χ3n) is 5.96. The molecule has 0 aliphatic carbocycles. The molecule has 2 aromatic carbocycles. The summed E-state index contributed by atoms with van der Waals surface area (Å²) < 4.78 is 2.93. The summed E-state index contributed by atoms with van der Waals surface area (Å²) in [6.07, 6.45) is 5.07. The Morgan fingerprint density at radius 3 is 2.41 bits per heavy atom. The fourth-order valence-electron chi connectivity index (χ4n) is 4.24. The highest BCUT2D eigenvalue weighted by Gasteiger charge is 2.17. The molecule has 0 amide bonds. The third-order valence-corrected chi connectivity index (χ3v) is 5.96. The normalized spacial score (nSPS) is 11.3. The molecule has 34 heavy (non-hydrogen) atoms. The number of benzene rings is 2. The predicted octanol–water partition coefficient (Wildman–Crippen LogP) is 4.26. The van der Waals surface area contributed by atoms with E-state index in [1.165, 1.54) is 0 Å². The van der Waals surface area contributed by atoms with E-state index < -0.39 is 0 Å². The fraction of sp³-hybridized carbons (Fsp3) is 0.0370. The van der Waals surface area contributed by atoms with Crippen LogP contribution in [0.25, 0.3) is 50.3 Å². The lowest BCUT2D eigenvalue weighted by Gasteiger charge is -2.12. The largest absolute Gasteiger partial charge is 0.326 e. The summed E-state index contributed by atoms with van der Waals surface area (Å²) in [5.74, 6) is 0.642. The summed E-state index contributed by atoms with van der Waals surface area (Å²) >= 11 is 0. The summed E-state index contributed by atoms with van der Waals surface area (Å²) in [4.78, 5) is 5.07. The molecule has 0 spiro atoms. The van der Waals surface area contributed by atoms with Gasteiger partial charge in [0.25, 0.3) is 0 Å². The smallest absolute Gasteiger partial charge is 0.233 e. The van der Waals surface area contributed by atoms with E-state index in [4.69, 9.17) is 10.7 Å². The van der Waals surface area contributed by atoms with Gasteiger partial charge in [-0.05, 0) is 29.3 Å². The van der Waals surface area contributed by atoms with E-state index >= 15 is 0 Å². The van der Waals surface area contributed by atoms with Crippen LogP contribution in [0.15, 0.2) is 97.5 Å². The molecule has 3 N–H and O–H groups in total. The van der Waals surface area contributed by atoms with Crippen molar-refractivity contribution in [1.82, 2.24) is 19.6 Å². The van der Waals surface area contributed by atoms with E-state index in [0.717, 1.165) is 49.1 Å². The molecule has 0 saturated heterocycles. The SMILES string of the molecule is NCc1ccc(-c2nc3ccn4c(-c5ccc[n+](O)c5)nnc4c3cc2-c2ccccc2)cc1. The number of hydrogen-bond donors (Lipinski definition) is 2. The molecule has 6 rings (SSSR count). The van der Waals surface area contributed by atoms with Gasteiger partial charge < -0.3 is 5.73 Å². The maximum absolute atomic E-state index is 9.83. The highest BCUT2D eigenvalue weighted by molar-refractivity contribution is 5.98. The van der Waals surface area contributed by atoms with Gasteiger partial charge in [-0.3, -0.25) is 9.61 Å². The zero-order valence-corrected chi connectivity index (χ0v) is 18.2. The molecule has 0 unspecified atom stereocenters. The van der Waals surface area contributed by atoms with E-state index in [-0.39, 0.29) is 0 Å². The monoisotopic (exact) mass is 445 g/mol. The average molecular weight is 446 g/mol. The fourth-order valence-corrected chi connectivity index (χ4v) is 4.24. The second-order valence-corrected chi connectivity index (χ2v) is 8.09. The number of hydrogen-bond acceptors (Lipinski definition) is 5. The first-order valence-corrected chi connectivity index (χ1v) is 11.0. The van der Waals surface area contributed by atoms with Crippen molar-refractivity contribution in [3.63, 3.8) is 0 Å². The second-order valence-electron chi connectivity index (χ2n) is 8.09. The Balaban J connectivity index is 1.61. The van der Waals surface area contributed by atoms with Crippen LogP contribution in [0.1, 0.15) is 5.56 Å². The van der Waals surface area contributed by atoms with Gasteiger partial charge >= 0.3 is 0 Å². The van der Waals surface area contributed by atoms with E-state index in [1.807, 2.05) is 53.1 Å². The Hall–Kier alpha value is -4.62. The van der Waals surface area contributed by atoms with Crippen molar-refractivity contribution in [3.8, 4) is 33.8 Å². The minimum atomic E-state index is 0.502. The third kappa shape index (κ3) is 3.35. The number of fused-ring (bicyclic) bond motifs is 3. The van der Waals surface area contributed by atoms with E-state index in [0.29, 0.717) is 18.0 Å². The van der Waals surface area contributed by atoms with Gasteiger partial charge in [-0.15, -0.1) is 10.2 Å². The van der Waals surface area contributed by atoms with Gasteiger partial charge in [-0.2, -0.15) is 0 Å². The molecule has 0 bridgehead atoms. The van der Waals surface area contributed by atoms with Gasteiger partial charge in [-0.1, -0.05) is 54.6 Å². The van der Waals surface area contributed by atoms with Crippen LogP contribution in [-0.2, 0) is 6.54 Å². The summed E-state index contributed by atoms with van der Waals surface area (Å²) in [6.45, 7) is 0.502. The molecule has 0 saturated carbocycles. The Labute approximate surface area is 195 Å². The molecule has 4 heterocycles. The molecule has 6 aromatic rings. The molecule has 0 fully saturated rings. The summed E-state index contributed by atoms with van der Waals surface area (Å²) in [7, 11) is 0. The number of rotatable bonds is 4. The second kappa shape index (κ2) is 8.06. The first-order valence-electron chi connectivity index (χ1n) is 11.0. The average Bonchev–Trinajstić information content (AvgIpc) is 3.33. The van der Waals surface area contributed by atoms with Crippen LogP contribution in [0.2, 0.25) is 0 Å². The summed E-state index contributed by atoms with van der Waals surface area (Å²) in [5.41, 5.74) is 13.2. The summed E-state index contributed by atoms with van der Waals surface area (Å²) in [5, 5.41) is 19.6. The zero-order chi connectivity index (χ0) is 23.1. The Morgan fingerprint density at radius 1 is 0.853 bits per heavy atom. The van der Waals surface area contributed by atoms with Crippen molar-refractivity contribution in [2.24, 2.45) is 5.73 Å². The lowest BCUT2D eigenvalue weighted by molar-refractivity contribution is -0.904. The minimum Gasteiger partial charge on any atom is -0.326 e. The molecule has 7 heteroatoms. The highest BCUT2D eigenvalue weighted by atomic mass is 16.5. The number of pyridine rings is 3. The number of nitrogens with two attached hydrogens (primary N) is 1. The Bertz CT molecular complexity index is 1640. The minimum absolute atomic E-state index is 0.502. The molecular weight excluding hydrogens is 424 g/mol. The van der Waals surface area contributed by atoms with Gasteiger partial charge in [0, 0.05) is 40.1 Å². The first-order chi connectivity index (χ1) is 16.7. The van der Waals surface area contributed by atoms with Gasteiger partial charge in [0.05, 0.1) is 16.8 Å². The topological polar surface area (TPSA) is 93.2 Å². The van der Waals surface area contributed by atoms with Crippen molar-refractivity contribution in [1.29, 1.82) is 0 Å². The molecule has 0 aliphatic rings. The predicted molar refractivity (Wildman–Crippen MR) is 130 cm³/mol. The molecule has 4 aromatic heterocycles. The first kappa shape index (κ1) is 20.0. The maximum atomic E-state index is 9.83. The van der Waals surface area contributed by atoms with Crippen LogP contribution in [0, 0.1) is 0 Å². The molecule has 164 valence electrons. The van der Waals surface area contributed by atoms with Gasteiger partial charge in [0.2, 0.25) is 12.4 Å². The Kier molecular flexibility index (Phi) is 4.75. The van der Waals surface area contributed by atoms with Crippen molar-refractivity contribution >= 4 is 16.6 Å². The van der Waals surface area contributed by atoms with Crippen LogP contribution in [0.4, 0.5) is 0 Å². The van der Waals surface area contributed by atoms with Crippen molar-refractivity contribution < 1.29 is 9.94 Å². The van der Waals surface area contributed by atoms with Gasteiger partial charge in [0.1, 0.15) is 0 Å².